The monoisotopic (exact) mass is 300 g/mol. The molecule has 6 nitrogen and oxygen atoms in total. The highest BCUT2D eigenvalue weighted by Crippen LogP contribution is 2.29. The first-order valence-electron chi connectivity index (χ1n) is 7.66. The van der Waals surface area contributed by atoms with E-state index in [0.717, 1.165) is 36.1 Å². The van der Waals surface area contributed by atoms with E-state index in [1.807, 2.05) is 24.3 Å². The third-order valence-corrected chi connectivity index (χ3v) is 3.98. The van der Waals surface area contributed by atoms with E-state index in [9.17, 15) is 4.79 Å². The van der Waals surface area contributed by atoms with Gasteiger partial charge in [-0.25, -0.2) is 9.97 Å². The van der Waals surface area contributed by atoms with Gasteiger partial charge in [-0.05, 0) is 31.4 Å². The van der Waals surface area contributed by atoms with Crippen LogP contribution in [0.25, 0.3) is 10.9 Å². The molecule has 116 valence electrons. The van der Waals surface area contributed by atoms with E-state index in [4.69, 9.17) is 5.11 Å². The molecule has 2 N–H and O–H groups in total. The largest absolute Gasteiger partial charge is 0.396 e. The zero-order valence-electron chi connectivity index (χ0n) is 12.4. The minimum atomic E-state index is -0.197. The summed E-state index contributed by atoms with van der Waals surface area (Å²) in [5.74, 6) is 0.832. The molecule has 6 heteroatoms. The molecule has 0 radical (unpaired) electrons. The lowest BCUT2D eigenvalue weighted by atomic mass is 10.2. The number of aliphatic hydroxyl groups is 1. The summed E-state index contributed by atoms with van der Waals surface area (Å²) in [7, 11) is 0. The van der Waals surface area contributed by atoms with Gasteiger partial charge in [-0.3, -0.25) is 4.79 Å². The summed E-state index contributed by atoms with van der Waals surface area (Å²) in [4.78, 5) is 23.1. The Labute approximate surface area is 129 Å². The molecule has 0 aliphatic carbocycles. The van der Waals surface area contributed by atoms with Crippen molar-refractivity contribution in [3.63, 3.8) is 0 Å². The lowest BCUT2D eigenvalue weighted by Crippen LogP contribution is -2.44. The standard InChI is InChI=1S/C16H20N4O2/c21-10-4-8-17-16(22)14-7-3-9-20(14)15-12-5-1-2-6-13(12)18-11-19-15/h1-2,5-6,11,14,21H,3-4,7-10H2,(H,17,22). The van der Waals surface area contributed by atoms with Gasteiger partial charge in [0.2, 0.25) is 5.91 Å². The predicted octanol–water partition coefficient (Wildman–Crippen LogP) is 1.10. The molecular weight excluding hydrogens is 280 g/mol. The Hall–Kier alpha value is -2.21. The van der Waals surface area contributed by atoms with Gasteiger partial charge < -0.3 is 15.3 Å². The molecule has 1 saturated heterocycles. The van der Waals surface area contributed by atoms with Crippen molar-refractivity contribution in [1.29, 1.82) is 0 Å². The van der Waals surface area contributed by atoms with E-state index in [2.05, 4.69) is 20.2 Å². The van der Waals surface area contributed by atoms with Crippen LogP contribution in [0.2, 0.25) is 0 Å². The van der Waals surface area contributed by atoms with Gasteiger partial charge in [-0.2, -0.15) is 0 Å². The summed E-state index contributed by atoms with van der Waals surface area (Å²) in [6, 6.07) is 7.65. The number of aromatic nitrogens is 2. The second-order valence-electron chi connectivity index (χ2n) is 5.43. The molecule has 1 aliphatic heterocycles. The molecule has 1 aromatic carbocycles. The Morgan fingerprint density at radius 2 is 2.23 bits per heavy atom. The fourth-order valence-corrected chi connectivity index (χ4v) is 2.92. The maximum atomic E-state index is 12.4. The van der Waals surface area contributed by atoms with Gasteiger partial charge in [0.05, 0.1) is 5.52 Å². The number of benzene rings is 1. The van der Waals surface area contributed by atoms with Gasteiger partial charge in [0.1, 0.15) is 18.2 Å². The van der Waals surface area contributed by atoms with Crippen molar-refractivity contribution < 1.29 is 9.90 Å². The van der Waals surface area contributed by atoms with Crippen LogP contribution in [0.5, 0.6) is 0 Å². The summed E-state index contributed by atoms with van der Waals surface area (Å²) in [6.07, 6.45) is 3.92. The second-order valence-corrected chi connectivity index (χ2v) is 5.43. The molecule has 22 heavy (non-hydrogen) atoms. The van der Waals surface area contributed by atoms with Crippen LogP contribution < -0.4 is 10.2 Å². The van der Waals surface area contributed by atoms with Crippen LogP contribution in [-0.2, 0) is 4.79 Å². The normalized spacial score (nSPS) is 17.9. The molecular formula is C16H20N4O2. The maximum absolute atomic E-state index is 12.4. The van der Waals surface area contributed by atoms with Gasteiger partial charge in [0.25, 0.3) is 0 Å². The number of rotatable bonds is 5. The zero-order chi connectivity index (χ0) is 15.4. The molecule has 1 unspecified atom stereocenters. The topological polar surface area (TPSA) is 78.4 Å². The lowest BCUT2D eigenvalue weighted by Gasteiger charge is -2.25. The number of carbonyl (C=O) groups excluding carboxylic acids is 1. The smallest absolute Gasteiger partial charge is 0.242 e. The number of hydrogen-bond acceptors (Lipinski definition) is 5. The number of nitrogens with one attached hydrogen (secondary N) is 1. The second kappa shape index (κ2) is 6.70. The van der Waals surface area contributed by atoms with Crippen molar-refractivity contribution in [2.75, 3.05) is 24.6 Å². The highest BCUT2D eigenvalue weighted by atomic mass is 16.3. The minimum absolute atomic E-state index is 0.00800. The van der Waals surface area contributed by atoms with Crippen molar-refractivity contribution in [1.82, 2.24) is 15.3 Å². The molecule has 1 amide bonds. The Morgan fingerprint density at radius 1 is 1.36 bits per heavy atom. The first-order chi connectivity index (χ1) is 10.8. The Morgan fingerprint density at radius 3 is 3.09 bits per heavy atom. The van der Waals surface area contributed by atoms with Crippen molar-refractivity contribution in [3.8, 4) is 0 Å². The third kappa shape index (κ3) is 2.87. The van der Waals surface area contributed by atoms with Gasteiger partial charge >= 0.3 is 0 Å². The van der Waals surface area contributed by atoms with E-state index in [0.29, 0.717) is 13.0 Å². The van der Waals surface area contributed by atoms with Crippen molar-refractivity contribution in [3.05, 3.63) is 30.6 Å². The molecule has 1 aliphatic rings. The van der Waals surface area contributed by atoms with Crippen LogP contribution in [-0.4, -0.2) is 46.7 Å². The fraction of sp³-hybridized carbons (Fsp3) is 0.438. The van der Waals surface area contributed by atoms with Crippen LogP contribution in [0.15, 0.2) is 30.6 Å². The summed E-state index contributed by atoms with van der Waals surface area (Å²) in [5.41, 5.74) is 0.888. The number of para-hydroxylation sites is 1. The van der Waals surface area contributed by atoms with E-state index in [-0.39, 0.29) is 18.6 Å². The summed E-state index contributed by atoms with van der Waals surface area (Å²) < 4.78 is 0. The highest BCUT2D eigenvalue weighted by Gasteiger charge is 2.32. The van der Waals surface area contributed by atoms with E-state index in [1.54, 1.807) is 6.33 Å². The number of carbonyl (C=O) groups is 1. The Bertz CT molecular complexity index is 656. The van der Waals surface area contributed by atoms with E-state index >= 15 is 0 Å². The number of hydrogen-bond donors (Lipinski definition) is 2. The molecule has 3 rings (SSSR count). The molecule has 2 aromatic rings. The molecule has 1 aromatic heterocycles. The summed E-state index contributed by atoms with van der Waals surface area (Å²) in [6.45, 7) is 1.41. The van der Waals surface area contributed by atoms with Crippen LogP contribution >= 0.6 is 0 Å². The maximum Gasteiger partial charge on any atom is 0.242 e. The molecule has 1 fully saturated rings. The third-order valence-electron chi connectivity index (χ3n) is 3.98. The van der Waals surface area contributed by atoms with Crippen molar-refractivity contribution in [2.24, 2.45) is 0 Å². The summed E-state index contributed by atoms with van der Waals surface area (Å²) in [5, 5.41) is 12.7. The van der Waals surface area contributed by atoms with Gasteiger partial charge in [0, 0.05) is 25.1 Å². The average Bonchev–Trinajstić information content (AvgIpc) is 3.04. The number of fused-ring (bicyclic) bond motifs is 1. The molecule has 0 bridgehead atoms. The average molecular weight is 300 g/mol. The SMILES string of the molecule is O=C(NCCCO)C1CCCN1c1ncnc2ccccc12. The van der Waals surface area contributed by atoms with Crippen molar-refractivity contribution in [2.45, 2.75) is 25.3 Å². The van der Waals surface area contributed by atoms with Gasteiger partial charge in [-0.15, -0.1) is 0 Å². The molecule has 2 heterocycles. The van der Waals surface area contributed by atoms with Crippen LogP contribution in [0.3, 0.4) is 0 Å². The van der Waals surface area contributed by atoms with Crippen LogP contribution in [0, 0.1) is 0 Å². The number of aliphatic hydroxyl groups excluding tert-OH is 1. The lowest BCUT2D eigenvalue weighted by molar-refractivity contribution is -0.122. The molecule has 1 atom stereocenters. The summed E-state index contributed by atoms with van der Waals surface area (Å²) >= 11 is 0. The number of amides is 1. The first-order valence-corrected chi connectivity index (χ1v) is 7.66. The zero-order valence-corrected chi connectivity index (χ0v) is 12.4. The highest BCUT2D eigenvalue weighted by molar-refractivity contribution is 5.93. The molecule has 0 spiro atoms. The number of nitrogens with zero attached hydrogens (tertiary/aromatic N) is 3. The predicted molar refractivity (Wildman–Crippen MR) is 84.6 cm³/mol. The molecule has 0 saturated carbocycles. The van der Waals surface area contributed by atoms with Crippen LogP contribution in [0.1, 0.15) is 19.3 Å². The van der Waals surface area contributed by atoms with Crippen LogP contribution in [0.4, 0.5) is 5.82 Å². The van der Waals surface area contributed by atoms with E-state index in [1.165, 1.54) is 0 Å². The van der Waals surface area contributed by atoms with Gasteiger partial charge in [0.15, 0.2) is 0 Å². The van der Waals surface area contributed by atoms with E-state index < -0.39 is 0 Å². The Kier molecular flexibility index (Phi) is 4.48. The Balaban J connectivity index is 1.84. The minimum Gasteiger partial charge on any atom is -0.396 e. The fourth-order valence-electron chi connectivity index (χ4n) is 2.92. The first kappa shape index (κ1) is 14.7. The van der Waals surface area contributed by atoms with Crippen molar-refractivity contribution >= 4 is 22.6 Å². The number of anilines is 1. The quantitative estimate of drug-likeness (QED) is 0.808. The van der Waals surface area contributed by atoms with Gasteiger partial charge in [-0.1, -0.05) is 12.1 Å².